The molecule has 192 valence electrons. The zero-order valence-electron chi connectivity index (χ0n) is 20.9. The van der Waals surface area contributed by atoms with Crippen molar-refractivity contribution in [2.75, 3.05) is 19.7 Å². The van der Waals surface area contributed by atoms with Crippen LogP contribution in [0.1, 0.15) is 57.9 Å². The lowest BCUT2D eigenvalue weighted by atomic mass is 9.66. The zero-order valence-corrected chi connectivity index (χ0v) is 21.7. The number of aliphatic hydroxyl groups excluding tert-OH is 1. The highest BCUT2D eigenvalue weighted by Gasteiger charge is 2.75. The van der Waals surface area contributed by atoms with Crippen LogP contribution in [-0.4, -0.2) is 63.5 Å². The minimum Gasteiger partial charge on any atom is -0.396 e. The predicted octanol–water partition coefficient (Wildman–Crippen LogP) is 2.72. The van der Waals surface area contributed by atoms with Gasteiger partial charge in [-0.15, -0.1) is 11.8 Å². The summed E-state index contributed by atoms with van der Waals surface area (Å²) in [6.07, 6.45) is 5.10. The molecule has 1 spiro atoms. The minimum absolute atomic E-state index is 0.0460. The first-order chi connectivity index (χ1) is 17.0. The summed E-state index contributed by atoms with van der Waals surface area (Å²) in [6, 6.07) is 9.21. The van der Waals surface area contributed by atoms with Crippen LogP contribution in [0, 0.1) is 17.8 Å². The lowest BCUT2D eigenvalue weighted by molar-refractivity contribution is -0.140. The van der Waals surface area contributed by atoms with Gasteiger partial charge in [-0.2, -0.15) is 0 Å². The van der Waals surface area contributed by atoms with Crippen molar-refractivity contribution in [3.05, 3.63) is 35.9 Å². The third-order valence-electron chi connectivity index (χ3n) is 7.99. The summed E-state index contributed by atoms with van der Waals surface area (Å²) >= 11 is 1.71. The summed E-state index contributed by atoms with van der Waals surface area (Å²) in [6.45, 7) is 5.79. The molecule has 0 radical (unpaired) electrons. The van der Waals surface area contributed by atoms with E-state index in [0.29, 0.717) is 32.5 Å². The van der Waals surface area contributed by atoms with Crippen LogP contribution >= 0.6 is 11.8 Å². The molecule has 4 rings (SSSR count). The van der Waals surface area contributed by atoms with Gasteiger partial charge in [-0.3, -0.25) is 14.4 Å². The number of nitrogens with one attached hydrogen (secondary N) is 2. The summed E-state index contributed by atoms with van der Waals surface area (Å²) in [5, 5.41) is 15.5. The highest BCUT2D eigenvalue weighted by Crippen LogP contribution is 2.68. The number of carbonyl (C=O) groups is 3. The monoisotopic (exact) mass is 501 g/mol. The molecule has 3 saturated heterocycles. The van der Waals surface area contributed by atoms with Gasteiger partial charge in [0.25, 0.3) is 0 Å². The van der Waals surface area contributed by atoms with E-state index in [1.54, 1.807) is 16.7 Å². The number of nitrogens with zero attached hydrogens (tertiary/aromatic N) is 1. The second-order valence-corrected chi connectivity index (χ2v) is 11.8. The first kappa shape index (κ1) is 26.0. The first-order valence-corrected chi connectivity index (χ1v) is 14.0. The summed E-state index contributed by atoms with van der Waals surface area (Å²) in [5.41, 5.74) is 1.02. The molecule has 2 bridgehead atoms. The van der Waals surface area contributed by atoms with Crippen molar-refractivity contribution in [1.82, 2.24) is 15.5 Å². The van der Waals surface area contributed by atoms with E-state index < -0.39 is 22.6 Å². The Kier molecular flexibility index (Phi) is 8.42. The molecule has 7 nitrogen and oxygen atoms in total. The van der Waals surface area contributed by atoms with Crippen LogP contribution in [0.25, 0.3) is 0 Å². The van der Waals surface area contributed by atoms with Crippen LogP contribution in [0.4, 0.5) is 0 Å². The number of amides is 3. The molecule has 3 fully saturated rings. The van der Waals surface area contributed by atoms with Gasteiger partial charge in [-0.25, -0.2) is 0 Å². The molecule has 3 amide bonds. The number of fused-ring (bicyclic) bond motifs is 1. The van der Waals surface area contributed by atoms with Crippen LogP contribution in [0.15, 0.2) is 30.3 Å². The fourth-order valence-electron chi connectivity index (χ4n) is 6.34. The van der Waals surface area contributed by atoms with Gasteiger partial charge in [0, 0.05) is 31.5 Å². The van der Waals surface area contributed by atoms with Gasteiger partial charge < -0.3 is 20.6 Å². The number of thioether (sulfide) groups is 1. The number of hydrogen-bond donors (Lipinski definition) is 3. The molecular weight excluding hydrogens is 462 g/mol. The Morgan fingerprint density at radius 1 is 1.11 bits per heavy atom. The van der Waals surface area contributed by atoms with E-state index in [0.717, 1.165) is 31.2 Å². The zero-order chi connectivity index (χ0) is 25.0. The van der Waals surface area contributed by atoms with Crippen LogP contribution in [0.5, 0.6) is 0 Å². The van der Waals surface area contributed by atoms with Crippen molar-refractivity contribution in [3.8, 4) is 0 Å². The van der Waals surface area contributed by atoms with E-state index in [2.05, 4.69) is 24.5 Å². The van der Waals surface area contributed by atoms with Crippen LogP contribution < -0.4 is 10.6 Å². The normalized spacial score (nSPS) is 31.0. The average Bonchev–Trinajstić information content (AvgIpc) is 3.45. The molecule has 3 aliphatic heterocycles. The number of carbonyl (C=O) groups excluding carboxylic acids is 3. The predicted molar refractivity (Wildman–Crippen MR) is 138 cm³/mol. The Bertz CT molecular complexity index is 913. The van der Waals surface area contributed by atoms with Gasteiger partial charge in [-0.1, -0.05) is 57.0 Å². The van der Waals surface area contributed by atoms with Gasteiger partial charge >= 0.3 is 0 Å². The molecule has 3 N–H and O–H groups in total. The Hall–Kier alpha value is -2.06. The smallest absolute Gasteiger partial charge is 0.244 e. The molecule has 1 aromatic rings. The molecule has 3 heterocycles. The molecule has 0 aromatic heterocycles. The maximum absolute atomic E-state index is 13.9. The first-order valence-electron chi connectivity index (χ1n) is 13.1. The molecule has 3 unspecified atom stereocenters. The number of likely N-dealkylation sites (tertiary alicyclic amines) is 1. The summed E-state index contributed by atoms with van der Waals surface area (Å²) < 4.78 is -0.579. The van der Waals surface area contributed by atoms with E-state index in [4.69, 9.17) is 0 Å². The molecule has 3 aliphatic rings. The third-order valence-corrected chi connectivity index (χ3v) is 10.1. The van der Waals surface area contributed by atoms with Crippen LogP contribution in [0.3, 0.4) is 0 Å². The largest absolute Gasteiger partial charge is 0.396 e. The maximum atomic E-state index is 13.9. The Morgan fingerprint density at radius 2 is 1.89 bits per heavy atom. The third kappa shape index (κ3) is 4.84. The van der Waals surface area contributed by atoms with Crippen LogP contribution in [0.2, 0.25) is 0 Å². The quantitative estimate of drug-likeness (QED) is 0.383. The second kappa shape index (κ2) is 11.3. The Balaban J connectivity index is 1.57. The molecular formula is C27H39N3O4S. The topological polar surface area (TPSA) is 98.7 Å². The SMILES string of the molecule is CCCCCNC(=O)C1N(CCCCO)C(=O)[C@@H]2[C@H](C(=O)NCc3ccccc3)[C@@H]3CC(C)C12S3. The number of benzene rings is 1. The van der Waals surface area contributed by atoms with E-state index >= 15 is 0 Å². The number of rotatable bonds is 12. The van der Waals surface area contributed by atoms with Crippen molar-refractivity contribution < 1.29 is 19.5 Å². The standard InChI is InChI=1S/C27H39N3O4S/c1-3-4-8-13-28-25(33)23-27-18(2)16-20(35-27)21(22(27)26(34)30(23)14-9-10-15-31)24(32)29-17-19-11-6-5-7-12-19/h5-7,11-12,18,20-23,31H,3-4,8-10,13-17H2,1-2H3,(H,28,33)(H,29,32)/t18?,20-,21+,22-,23?,27?/m0/s1. The molecule has 35 heavy (non-hydrogen) atoms. The van der Waals surface area contributed by atoms with Crippen molar-refractivity contribution in [2.24, 2.45) is 17.8 Å². The fraction of sp³-hybridized carbons (Fsp3) is 0.667. The van der Waals surface area contributed by atoms with Gasteiger partial charge in [0.2, 0.25) is 17.7 Å². The summed E-state index contributed by atoms with van der Waals surface area (Å²) in [5.74, 6) is -0.996. The highest BCUT2D eigenvalue weighted by molar-refractivity contribution is 8.02. The van der Waals surface area contributed by atoms with Gasteiger partial charge in [0.05, 0.1) is 16.6 Å². The maximum Gasteiger partial charge on any atom is 0.244 e. The summed E-state index contributed by atoms with van der Waals surface area (Å²) in [4.78, 5) is 42.7. The lowest BCUT2D eigenvalue weighted by Gasteiger charge is -2.38. The van der Waals surface area contributed by atoms with E-state index in [1.807, 2.05) is 30.3 Å². The van der Waals surface area contributed by atoms with E-state index in [-0.39, 0.29) is 35.5 Å². The van der Waals surface area contributed by atoms with Crippen LogP contribution in [-0.2, 0) is 20.9 Å². The van der Waals surface area contributed by atoms with Crippen molar-refractivity contribution >= 4 is 29.5 Å². The number of unbranched alkanes of at least 4 members (excludes halogenated alkanes) is 3. The lowest BCUT2D eigenvalue weighted by Crippen LogP contribution is -2.56. The van der Waals surface area contributed by atoms with Gasteiger partial charge in [0.15, 0.2) is 0 Å². The number of hydrogen-bond acceptors (Lipinski definition) is 5. The second-order valence-electron chi connectivity index (χ2n) is 10.2. The molecule has 6 atom stereocenters. The average molecular weight is 502 g/mol. The summed E-state index contributed by atoms with van der Waals surface area (Å²) in [7, 11) is 0. The van der Waals surface area contributed by atoms with E-state index in [9.17, 15) is 19.5 Å². The van der Waals surface area contributed by atoms with Gasteiger partial charge in [-0.05, 0) is 37.2 Å². The Labute approximate surface area is 212 Å². The molecule has 8 heteroatoms. The molecule has 0 aliphatic carbocycles. The molecule has 1 aromatic carbocycles. The fourth-order valence-corrected chi connectivity index (χ4v) is 8.76. The van der Waals surface area contributed by atoms with Gasteiger partial charge in [0.1, 0.15) is 6.04 Å². The van der Waals surface area contributed by atoms with Crippen molar-refractivity contribution in [2.45, 2.75) is 75.0 Å². The minimum atomic E-state index is -0.579. The van der Waals surface area contributed by atoms with E-state index in [1.165, 1.54) is 0 Å². The number of aliphatic hydroxyl groups is 1. The highest BCUT2D eigenvalue weighted by atomic mass is 32.2. The van der Waals surface area contributed by atoms with Crippen molar-refractivity contribution in [3.63, 3.8) is 0 Å². The Morgan fingerprint density at radius 3 is 2.60 bits per heavy atom. The van der Waals surface area contributed by atoms with Crippen molar-refractivity contribution in [1.29, 1.82) is 0 Å². The molecule has 0 saturated carbocycles.